The largest absolute Gasteiger partial charge is 0.346 e. The van der Waals surface area contributed by atoms with Crippen LogP contribution in [0.5, 0.6) is 0 Å². The van der Waals surface area contributed by atoms with Crippen molar-refractivity contribution in [2.24, 2.45) is 5.73 Å². The Balaban J connectivity index is 1.96. The topological polar surface area (TPSA) is 64.2 Å². The van der Waals surface area contributed by atoms with Gasteiger partial charge in [-0.05, 0) is 13.0 Å². The minimum absolute atomic E-state index is 0.135. The van der Waals surface area contributed by atoms with Gasteiger partial charge in [-0.3, -0.25) is 4.79 Å². The number of benzene rings is 1. The lowest BCUT2D eigenvalue weighted by atomic mass is 10.2. The SMILES string of the molecule is CN(CCCN)C(=O)CCn1ccnc1-c1ccccc1. The maximum absolute atomic E-state index is 12.0. The average Bonchev–Trinajstić information content (AvgIpc) is 2.99. The van der Waals surface area contributed by atoms with E-state index >= 15 is 0 Å². The summed E-state index contributed by atoms with van der Waals surface area (Å²) in [6.45, 7) is 1.96. The second-order valence-electron chi connectivity index (χ2n) is 5.02. The molecule has 0 aliphatic rings. The van der Waals surface area contributed by atoms with E-state index < -0.39 is 0 Å². The van der Waals surface area contributed by atoms with Crippen molar-refractivity contribution in [2.45, 2.75) is 19.4 Å². The van der Waals surface area contributed by atoms with Crippen LogP contribution in [0.1, 0.15) is 12.8 Å². The summed E-state index contributed by atoms with van der Waals surface area (Å²) < 4.78 is 2.02. The lowest BCUT2D eigenvalue weighted by Crippen LogP contribution is -2.29. The van der Waals surface area contributed by atoms with Gasteiger partial charge in [-0.2, -0.15) is 0 Å². The standard InChI is InChI=1S/C16H22N4O/c1-19(11-5-9-17)15(21)8-12-20-13-10-18-16(20)14-6-3-2-4-7-14/h2-4,6-7,10,13H,5,8-9,11-12,17H2,1H3. The molecule has 0 fully saturated rings. The molecule has 2 N–H and O–H groups in total. The number of imidazole rings is 1. The van der Waals surface area contributed by atoms with Crippen molar-refractivity contribution in [1.29, 1.82) is 0 Å². The molecule has 0 atom stereocenters. The van der Waals surface area contributed by atoms with Crippen molar-refractivity contribution in [3.63, 3.8) is 0 Å². The van der Waals surface area contributed by atoms with E-state index in [1.807, 2.05) is 48.1 Å². The monoisotopic (exact) mass is 286 g/mol. The second-order valence-corrected chi connectivity index (χ2v) is 5.02. The third-order valence-corrected chi connectivity index (χ3v) is 3.44. The number of carbonyl (C=O) groups excluding carboxylic acids is 1. The number of rotatable bonds is 7. The molecule has 1 heterocycles. The molecule has 1 amide bonds. The molecule has 5 nitrogen and oxygen atoms in total. The van der Waals surface area contributed by atoms with Crippen LogP contribution in [-0.2, 0) is 11.3 Å². The van der Waals surface area contributed by atoms with Crippen molar-refractivity contribution < 1.29 is 4.79 Å². The lowest BCUT2D eigenvalue weighted by Gasteiger charge is -2.17. The molecule has 0 saturated heterocycles. The van der Waals surface area contributed by atoms with Crippen LogP contribution in [0, 0.1) is 0 Å². The molecule has 112 valence electrons. The molecule has 0 bridgehead atoms. The first-order valence-corrected chi connectivity index (χ1v) is 7.23. The normalized spacial score (nSPS) is 10.6. The highest BCUT2D eigenvalue weighted by Gasteiger charge is 2.10. The van der Waals surface area contributed by atoms with Gasteiger partial charge in [-0.25, -0.2) is 4.98 Å². The van der Waals surface area contributed by atoms with Gasteiger partial charge >= 0.3 is 0 Å². The van der Waals surface area contributed by atoms with Crippen molar-refractivity contribution in [1.82, 2.24) is 14.5 Å². The van der Waals surface area contributed by atoms with Gasteiger partial charge in [0.05, 0.1) is 0 Å². The Morgan fingerprint density at radius 1 is 1.33 bits per heavy atom. The summed E-state index contributed by atoms with van der Waals surface area (Å²) in [6, 6.07) is 10.00. The van der Waals surface area contributed by atoms with Crippen LogP contribution in [0.4, 0.5) is 0 Å². The smallest absolute Gasteiger partial charge is 0.224 e. The number of aryl methyl sites for hydroxylation is 1. The predicted octanol–water partition coefficient (Wildman–Crippen LogP) is 1.75. The highest BCUT2D eigenvalue weighted by atomic mass is 16.2. The zero-order valence-electron chi connectivity index (χ0n) is 12.4. The number of aromatic nitrogens is 2. The van der Waals surface area contributed by atoms with Crippen LogP contribution in [-0.4, -0.2) is 40.5 Å². The molecule has 1 aromatic carbocycles. The van der Waals surface area contributed by atoms with Gasteiger partial charge in [-0.1, -0.05) is 30.3 Å². The molecule has 0 unspecified atom stereocenters. The summed E-state index contributed by atoms with van der Waals surface area (Å²) in [4.78, 5) is 18.2. The Kier molecular flexibility index (Phi) is 5.51. The van der Waals surface area contributed by atoms with Crippen molar-refractivity contribution in [2.75, 3.05) is 20.1 Å². The highest BCUT2D eigenvalue weighted by Crippen LogP contribution is 2.17. The fourth-order valence-electron chi connectivity index (χ4n) is 2.20. The quantitative estimate of drug-likeness (QED) is 0.843. The van der Waals surface area contributed by atoms with Crippen LogP contribution in [0.2, 0.25) is 0 Å². The van der Waals surface area contributed by atoms with E-state index in [9.17, 15) is 4.79 Å². The van der Waals surface area contributed by atoms with Gasteiger partial charge in [0.25, 0.3) is 0 Å². The molecule has 2 aromatic rings. The minimum Gasteiger partial charge on any atom is -0.346 e. The van der Waals surface area contributed by atoms with Crippen LogP contribution in [0.25, 0.3) is 11.4 Å². The van der Waals surface area contributed by atoms with E-state index in [-0.39, 0.29) is 5.91 Å². The van der Waals surface area contributed by atoms with Crippen molar-refractivity contribution >= 4 is 5.91 Å². The van der Waals surface area contributed by atoms with Crippen LogP contribution >= 0.6 is 0 Å². The maximum Gasteiger partial charge on any atom is 0.224 e. The summed E-state index contributed by atoms with van der Waals surface area (Å²) in [5.41, 5.74) is 6.52. The molecule has 0 aliphatic heterocycles. The molecule has 0 spiro atoms. The molecule has 1 aromatic heterocycles. The zero-order valence-corrected chi connectivity index (χ0v) is 12.4. The first-order valence-electron chi connectivity index (χ1n) is 7.23. The Bertz CT molecular complexity index is 565. The molecule has 0 radical (unpaired) electrons. The Morgan fingerprint density at radius 3 is 2.81 bits per heavy atom. The number of hydrogen-bond acceptors (Lipinski definition) is 3. The van der Waals surface area contributed by atoms with Crippen molar-refractivity contribution in [3.8, 4) is 11.4 Å². The number of amides is 1. The van der Waals surface area contributed by atoms with Gasteiger partial charge in [0.2, 0.25) is 5.91 Å². The molecular formula is C16H22N4O. The first kappa shape index (κ1) is 15.3. The zero-order chi connectivity index (χ0) is 15.1. The van der Waals surface area contributed by atoms with E-state index in [2.05, 4.69) is 4.98 Å². The van der Waals surface area contributed by atoms with Gasteiger partial charge in [-0.15, -0.1) is 0 Å². The lowest BCUT2D eigenvalue weighted by molar-refractivity contribution is -0.130. The summed E-state index contributed by atoms with van der Waals surface area (Å²) in [7, 11) is 1.82. The van der Waals surface area contributed by atoms with E-state index in [1.54, 1.807) is 11.1 Å². The van der Waals surface area contributed by atoms with Crippen molar-refractivity contribution in [3.05, 3.63) is 42.7 Å². The van der Waals surface area contributed by atoms with E-state index in [1.165, 1.54) is 0 Å². The highest BCUT2D eigenvalue weighted by molar-refractivity contribution is 5.75. The molecule has 5 heteroatoms. The Hall–Kier alpha value is -2.14. The summed E-state index contributed by atoms with van der Waals surface area (Å²) in [6.07, 6.45) is 4.99. The van der Waals surface area contributed by atoms with E-state index in [0.717, 1.165) is 17.8 Å². The average molecular weight is 286 g/mol. The number of carbonyl (C=O) groups is 1. The summed E-state index contributed by atoms with van der Waals surface area (Å²) >= 11 is 0. The molecule has 0 aliphatic carbocycles. The first-order chi connectivity index (χ1) is 10.2. The van der Waals surface area contributed by atoms with Gasteiger partial charge in [0.15, 0.2) is 0 Å². The maximum atomic E-state index is 12.0. The number of hydrogen-bond donors (Lipinski definition) is 1. The Labute approximate surface area is 125 Å². The summed E-state index contributed by atoms with van der Waals surface area (Å²) in [5, 5.41) is 0. The van der Waals surface area contributed by atoms with E-state index in [0.29, 0.717) is 26.1 Å². The fourth-order valence-corrected chi connectivity index (χ4v) is 2.20. The molecular weight excluding hydrogens is 264 g/mol. The third kappa shape index (κ3) is 4.16. The number of nitrogens with two attached hydrogens (primary N) is 1. The second kappa shape index (κ2) is 7.59. The minimum atomic E-state index is 0.135. The number of nitrogens with zero attached hydrogens (tertiary/aromatic N) is 3. The fraction of sp³-hybridized carbons (Fsp3) is 0.375. The summed E-state index contributed by atoms with van der Waals surface area (Å²) in [5.74, 6) is 1.03. The van der Waals surface area contributed by atoms with E-state index in [4.69, 9.17) is 5.73 Å². The molecule has 2 rings (SSSR count). The predicted molar refractivity (Wildman–Crippen MR) is 83.6 cm³/mol. The van der Waals surface area contributed by atoms with Gasteiger partial charge in [0.1, 0.15) is 5.82 Å². The Morgan fingerprint density at radius 2 is 2.10 bits per heavy atom. The molecule has 21 heavy (non-hydrogen) atoms. The van der Waals surface area contributed by atoms with Gasteiger partial charge < -0.3 is 15.2 Å². The van der Waals surface area contributed by atoms with Gasteiger partial charge in [0, 0.05) is 44.5 Å². The van der Waals surface area contributed by atoms with Crippen LogP contribution < -0.4 is 5.73 Å². The molecule has 0 saturated carbocycles. The van der Waals surface area contributed by atoms with Crippen LogP contribution in [0.15, 0.2) is 42.7 Å². The van der Waals surface area contributed by atoms with Crippen LogP contribution in [0.3, 0.4) is 0 Å². The third-order valence-electron chi connectivity index (χ3n) is 3.44.